The van der Waals surface area contributed by atoms with Crippen molar-refractivity contribution in [3.8, 4) is 0 Å². The third-order valence-electron chi connectivity index (χ3n) is 2.89. The Kier molecular flexibility index (Phi) is 10.5. The van der Waals surface area contributed by atoms with Crippen molar-refractivity contribution >= 4 is 12.7 Å². The van der Waals surface area contributed by atoms with Crippen molar-refractivity contribution in [2.24, 2.45) is 10.7 Å². The molecule has 8 heteroatoms. The molecule has 8 nitrogen and oxygen atoms in total. The average Bonchev–Trinajstić information content (AvgIpc) is 2.54. The predicted molar refractivity (Wildman–Crippen MR) is 102 cm³/mol. The molecule has 0 aliphatic carbocycles. The monoisotopic (exact) mass is 364 g/mol. The number of carbonyl (C=O) groups is 1. The van der Waals surface area contributed by atoms with E-state index >= 15 is 0 Å². The Morgan fingerprint density at radius 3 is 2.27 bits per heavy atom. The van der Waals surface area contributed by atoms with E-state index in [0.29, 0.717) is 13.0 Å². The lowest BCUT2D eigenvalue weighted by molar-refractivity contribution is -0.414. The summed E-state index contributed by atoms with van der Waals surface area (Å²) in [6.07, 6.45) is 2.16. The summed E-state index contributed by atoms with van der Waals surface area (Å²) >= 11 is 0. The topological polar surface area (TPSA) is 111 Å². The molecule has 0 radical (unpaired) electrons. The first-order valence-electron chi connectivity index (χ1n) is 8.01. The van der Waals surface area contributed by atoms with Gasteiger partial charge in [0.15, 0.2) is 0 Å². The molecule has 0 aromatic heterocycles. The predicted octanol–water partition coefficient (Wildman–Crippen LogP) is 2.39. The van der Waals surface area contributed by atoms with Crippen LogP contribution in [0, 0.1) is 10.1 Å². The fourth-order valence-electron chi connectivity index (χ4n) is 1.72. The summed E-state index contributed by atoms with van der Waals surface area (Å²) in [5.41, 5.74) is 5.67. The van der Waals surface area contributed by atoms with Gasteiger partial charge in [0.25, 0.3) is 6.47 Å². The lowest BCUT2D eigenvalue weighted by Gasteiger charge is -2.17. The molecular weight excluding hydrogens is 336 g/mol. The number of carbonyl (C=O) groups excluding carboxylic acids is 1. The summed E-state index contributed by atoms with van der Waals surface area (Å²) in [6, 6.07) is 9.49. The van der Waals surface area contributed by atoms with Crippen LogP contribution in [0.4, 0.5) is 0 Å². The number of nitrogens with zero attached hydrogens (tertiary/aromatic N) is 3. The maximum Gasteiger partial charge on any atom is 0.302 e. The van der Waals surface area contributed by atoms with Crippen LogP contribution < -0.4 is 5.73 Å². The number of hydrogen-bond donors (Lipinski definition) is 1. The molecular formula is C18H28N4O4. The van der Waals surface area contributed by atoms with Crippen LogP contribution in [0.1, 0.15) is 32.4 Å². The first-order valence-corrected chi connectivity index (χ1v) is 8.01. The zero-order valence-electron chi connectivity index (χ0n) is 16.0. The summed E-state index contributed by atoms with van der Waals surface area (Å²) in [5, 5.41) is 10.7. The van der Waals surface area contributed by atoms with E-state index in [1.165, 1.54) is 6.21 Å². The van der Waals surface area contributed by atoms with E-state index in [9.17, 15) is 14.9 Å². The maximum atomic E-state index is 10.7. The van der Waals surface area contributed by atoms with Crippen LogP contribution in [0.2, 0.25) is 0 Å². The summed E-state index contributed by atoms with van der Waals surface area (Å²) in [7, 11) is 3.86. The smallest absolute Gasteiger partial charge is 0.302 e. The Labute approximate surface area is 154 Å². The molecule has 1 rings (SSSR count). The molecule has 0 saturated heterocycles. The molecule has 26 heavy (non-hydrogen) atoms. The molecule has 0 aliphatic rings. The van der Waals surface area contributed by atoms with Crippen LogP contribution in [0.25, 0.3) is 0 Å². The van der Waals surface area contributed by atoms with Gasteiger partial charge in [-0.05, 0) is 40.4 Å². The summed E-state index contributed by atoms with van der Waals surface area (Å²) in [4.78, 5) is 26.0. The molecule has 1 unspecified atom stereocenters. The Morgan fingerprint density at radius 1 is 1.35 bits per heavy atom. The largest absolute Gasteiger partial charge is 0.462 e. The maximum absolute atomic E-state index is 10.7. The van der Waals surface area contributed by atoms with E-state index in [4.69, 9.17) is 5.73 Å². The van der Waals surface area contributed by atoms with Gasteiger partial charge in [-0.25, -0.2) is 0 Å². The SMILES string of the molecule is CC(C)(C)OC=O.CN(C)CC(N=C/C(=C\N)[N+](=O)[O-])c1ccccc1. The van der Waals surface area contributed by atoms with Gasteiger partial charge in [0.2, 0.25) is 0 Å². The summed E-state index contributed by atoms with van der Waals surface area (Å²) in [5.74, 6) is 0. The average molecular weight is 364 g/mol. The quantitative estimate of drug-likeness (QED) is 0.344. The van der Waals surface area contributed by atoms with Gasteiger partial charge in [0.05, 0.1) is 17.2 Å². The van der Waals surface area contributed by atoms with E-state index < -0.39 is 4.92 Å². The molecule has 1 aromatic carbocycles. The number of benzene rings is 1. The fourth-order valence-corrected chi connectivity index (χ4v) is 1.72. The Balaban J connectivity index is 0.000000758. The van der Waals surface area contributed by atoms with Crippen molar-refractivity contribution in [2.75, 3.05) is 20.6 Å². The minimum absolute atomic E-state index is 0.161. The van der Waals surface area contributed by atoms with Crippen molar-refractivity contribution in [1.29, 1.82) is 0 Å². The van der Waals surface area contributed by atoms with Gasteiger partial charge < -0.3 is 15.4 Å². The van der Waals surface area contributed by atoms with Crippen molar-refractivity contribution in [2.45, 2.75) is 32.4 Å². The van der Waals surface area contributed by atoms with Gasteiger partial charge in [-0.2, -0.15) is 0 Å². The van der Waals surface area contributed by atoms with Crippen LogP contribution in [0.5, 0.6) is 0 Å². The van der Waals surface area contributed by atoms with Crippen molar-refractivity contribution in [1.82, 2.24) is 4.90 Å². The number of ether oxygens (including phenoxy) is 1. The number of aliphatic imine (C=N–C) groups is 1. The minimum atomic E-state index is -0.554. The molecule has 0 spiro atoms. The molecule has 0 fully saturated rings. The second-order valence-corrected chi connectivity index (χ2v) is 6.64. The zero-order valence-corrected chi connectivity index (χ0v) is 16.0. The lowest BCUT2D eigenvalue weighted by atomic mass is 10.1. The van der Waals surface area contributed by atoms with Gasteiger partial charge in [-0.1, -0.05) is 30.3 Å². The van der Waals surface area contributed by atoms with Crippen molar-refractivity contribution in [3.63, 3.8) is 0 Å². The van der Waals surface area contributed by atoms with Gasteiger partial charge in [0.1, 0.15) is 11.8 Å². The van der Waals surface area contributed by atoms with Gasteiger partial charge >= 0.3 is 5.70 Å². The first kappa shape index (κ1) is 23.3. The molecule has 0 saturated carbocycles. The zero-order chi connectivity index (χ0) is 20.2. The highest BCUT2D eigenvalue weighted by Crippen LogP contribution is 2.17. The standard InChI is InChI=1S/C13H18N4O2.C5H10O2/c1-16(2)10-13(11-6-4-3-5-7-11)15-9-12(8-14)17(18)19;1-5(2,3)7-4-6/h3-9,13H,10,14H2,1-2H3;4H,1-3H3/b12-8+,15-9?;. The molecule has 0 amide bonds. The fraction of sp³-hybridized carbons (Fsp3) is 0.444. The van der Waals surface area contributed by atoms with Crippen LogP contribution >= 0.6 is 0 Å². The molecule has 0 heterocycles. The first-order chi connectivity index (χ1) is 12.1. The second-order valence-electron chi connectivity index (χ2n) is 6.64. The summed E-state index contributed by atoms with van der Waals surface area (Å²) in [6.45, 7) is 6.58. The number of nitro groups is 1. The third kappa shape index (κ3) is 10.9. The van der Waals surface area contributed by atoms with Gasteiger partial charge in [0, 0.05) is 6.54 Å². The Bertz CT molecular complexity index is 607. The second kappa shape index (κ2) is 11.8. The van der Waals surface area contributed by atoms with Crippen LogP contribution in [-0.4, -0.2) is 48.8 Å². The Morgan fingerprint density at radius 2 is 1.92 bits per heavy atom. The number of allylic oxidation sites excluding steroid dienone is 1. The highest BCUT2D eigenvalue weighted by Gasteiger charge is 2.12. The van der Waals surface area contributed by atoms with Crippen LogP contribution in [0.15, 0.2) is 47.2 Å². The van der Waals surface area contributed by atoms with E-state index in [2.05, 4.69) is 9.73 Å². The van der Waals surface area contributed by atoms with Gasteiger partial charge in [-0.3, -0.25) is 19.9 Å². The van der Waals surface area contributed by atoms with Gasteiger partial charge in [-0.15, -0.1) is 0 Å². The summed E-state index contributed by atoms with van der Waals surface area (Å²) < 4.78 is 4.55. The number of rotatable bonds is 7. The molecule has 1 atom stereocenters. The third-order valence-corrected chi connectivity index (χ3v) is 2.89. The van der Waals surface area contributed by atoms with Crippen molar-refractivity contribution < 1.29 is 14.5 Å². The lowest BCUT2D eigenvalue weighted by Crippen LogP contribution is -2.19. The molecule has 0 bridgehead atoms. The van der Waals surface area contributed by atoms with E-state index in [0.717, 1.165) is 11.8 Å². The normalized spacial score (nSPS) is 13.1. The van der Waals surface area contributed by atoms with E-state index in [-0.39, 0.29) is 17.3 Å². The molecule has 0 aliphatic heterocycles. The highest BCUT2D eigenvalue weighted by atomic mass is 16.6. The van der Waals surface area contributed by atoms with E-state index in [1.54, 1.807) is 0 Å². The molecule has 1 aromatic rings. The molecule has 2 N–H and O–H groups in total. The number of likely N-dealkylation sites (N-methyl/N-ethyl adjacent to an activating group) is 1. The van der Waals surface area contributed by atoms with Crippen molar-refractivity contribution in [3.05, 3.63) is 57.9 Å². The van der Waals surface area contributed by atoms with Crippen LogP contribution in [-0.2, 0) is 9.53 Å². The molecule has 144 valence electrons. The highest BCUT2D eigenvalue weighted by molar-refractivity contribution is 5.75. The minimum Gasteiger partial charge on any atom is -0.462 e. The number of hydrogen-bond acceptors (Lipinski definition) is 7. The number of nitrogens with two attached hydrogens (primary N) is 1. The van der Waals surface area contributed by atoms with Crippen LogP contribution in [0.3, 0.4) is 0 Å². The Hall–Kier alpha value is -2.74. The van der Waals surface area contributed by atoms with E-state index in [1.807, 2.05) is 70.1 Å².